The molecule has 20 heavy (non-hydrogen) atoms. The van der Waals surface area contributed by atoms with Crippen LogP contribution in [0.15, 0.2) is 0 Å². The van der Waals surface area contributed by atoms with Crippen LogP contribution in [-0.2, 0) is 4.79 Å². The van der Waals surface area contributed by atoms with Gasteiger partial charge in [-0.25, -0.2) is 0 Å². The summed E-state index contributed by atoms with van der Waals surface area (Å²) in [6.07, 6.45) is 8.56. The molecule has 2 fully saturated rings. The average Bonchev–Trinajstić information content (AvgIpc) is 2.83. The van der Waals surface area contributed by atoms with Gasteiger partial charge < -0.3 is 16.0 Å². The predicted octanol–water partition coefficient (Wildman–Crippen LogP) is 1.77. The first-order valence-electron chi connectivity index (χ1n) is 7.87. The Labute approximate surface area is 129 Å². The zero-order chi connectivity index (χ0) is 13.7. The normalized spacial score (nSPS) is 26.0. The van der Waals surface area contributed by atoms with Crippen LogP contribution in [0.4, 0.5) is 0 Å². The fourth-order valence-corrected chi connectivity index (χ4v) is 3.46. The average molecular weight is 304 g/mol. The van der Waals surface area contributed by atoms with E-state index < -0.39 is 0 Å². The highest BCUT2D eigenvalue weighted by Crippen LogP contribution is 2.26. The molecule has 0 aromatic carbocycles. The zero-order valence-electron chi connectivity index (χ0n) is 12.6. The molecular weight excluding hydrogens is 274 g/mol. The fraction of sp³-hybridized carbons (Fsp3) is 0.933. The molecule has 1 aliphatic carbocycles. The minimum Gasteiger partial charge on any atom is -0.354 e. The minimum absolute atomic E-state index is 0. The van der Waals surface area contributed by atoms with Gasteiger partial charge in [0.15, 0.2) is 0 Å². The van der Waals surface area contributed by atoms with Gasteiger partial charge in [0.2, 0.25) is 5.91 Å². The summed E-state index contributed by atoms with van der Waals surface area (Å²) in [4.78, 5) is 14.3. The van der Waals surface area contributed by atoms with Gasteiger partial charge in [-0.15, -0.1) is 12.4 Å². The highest BCUT2D eigenvalue weighted by Gasteiger charge is 2.23. The van der Waals surface area contributed by atoms with Crippen molar-refractivity contribution in [3.8, 4) is 0 Å². The minimum atomic E-state index is -0.303. The van der Waals surface area contributed by atoms with Crippen molar-refractivity contribution in [2.75, 3.05) is 26.7 Å². The Morgan fingerprint density at radius 1 is 1.25 bits per heavy atom. The third-order valence-corrected chi connectivity index (χ3v) is 4.70. The Kier molecular flexibility index (Phi) is 7.85. The maximum Gasteiger partial charge on any atom is 0.236 e. The van der Waals surface area contributed by atoms with E-state index >= 15 is 0 Å². The highest BCUT2D eigenvalue weighted by atomic mass is 35.5. The van der Waals surface area contributed by atoms with E-state index in [4.69, 9.17) is 5.73 Å². The van der Waals surface area contributed by atoms with Crippen molar-refractivity contribution in [3.05, 3.63) is 0 Å². The maximum atomic E-state index is 12.0. The van der Waals surface area contributed by atoms with Crippen molar-refractivity contribution in [2.24, 2.45) is 17.6 Å². The number of hydrogen-bond donors (Lipinski definition) is 2. The van der Waals surface area contributed by atoms with Gasteiger partial charge >= 0.3 is 0 Å². The summed E-state index contributed by atoms with van der Waals surface area (Å²) in [5.74, 6) is 1.34. The van der Waals surface area contributed by atoms with Crippen LogP contribution < -0.4 is 11.1 Å². The number of halogens is 1. The highest BCUT2D eigenvalue weighted by molar-refractivity contribution is 5.85. The third-order valence-electron chi connectivity index (χ3n) is 4.70. The SMILES string of the molecule is CN1CCC(CNC(=O)C(N)CC2CCCCC2)C1.Cl. The van der Waals surface area contributed by atoms with Gasteiger partial charge in [0.25, 0.3) is 0 Å². The molecule has 3 N–H and O–H groups in total. The van der Waals surface area contributed by atoms with Crippen molar-refractivity contribution in [3.63, 3.8) is 0 Å². The van der Waals surface area contributed by atoms with Gasteiger partial charge in [0.05, 0.1) is 6.04 Å². The van der Waals surface area contributed by atoms with E-state index in [0.29, 0.717) is 11.8 Å². The number of likely N-dealkylation sites (tertiary alicyclic amines) is 1. The van der Waals surface area contributed by atoms with Gasteiger partial charge in [0, 0.05) is 13.1 Å². The number of nitrogens with one attached hydrogen (secondary N) is 1. The topological polar surface area (TPSA) is 58.4 Å². The first-order chi connectivity index (χ1) is 9.15. The number of carbonyl (C=O) groups excluding carboxylic acids is 1. The molecule has 0 aromatic heterocycles. The molecule has 2 unspecified atom stereocenters. The fourth-order valence-electron chi connectivity index (χ4n) is 3.46. The van der Waals surface area contributed by atoms with Gasteiger partial charge in [-0.1, -0.05) is 32.1 Å². The van der Waals surface area contributed by atoms with Crippen molar-refractivity contribution >= 4 is 18.3 Å². The van der Waals surface area contributed by atoms with Crippen LogP contribution in [-0.4, -0.2) is 43.5 Å². The summed E-state index contributed by atoms with van der Waals surface area (Å²) in [6, 6.07) is -0.303. The number of hydrogen-bond acceptors (Lipinski definition) is 3. The number of nitrogens with two attached hydrogens (primary N) is 1. The number of carbonyl (C=O) groups is 1. The molecule has 0 spiro atoms. The molecule has 0 aromatic rings. The van der Waals surface area contributed by atoms with Crippen LogP contribution in [0.1, 0.15) is 44.9 Å². The molecule has 4 nitrogen and oxygen atoms in total. The third kappa shape index (κ3) is 5.58. The van der Waals surface area contributed by atoms with E-state index in [1.807, 2.05) is 0 Å². The number of rotatable bonds is 5. The summed E-state index contributed by atoms with van der Waals surface area (Å²) in [5.41, 5.74) is 6.04. The summed E-state index contributed by atoms with van der Waals surface area (Å²) < 4.78 is 0. The van der Waals surface area contributed by atoms with Crippen LogP contribution in [0, 0.1) is 11.8 Å². The van der Waals surface area contributed by atoms with Gasteiger partial charge in [-0.3, -0.25) is 4.79 Å². The number of nitrogens with zero attached hydrogens (tertiary/aromatic N) is 1. The second-order valence-corrected chi connectivity index (χ2v) is 6.51. The Balaban J connectivity index is 0.00000200. The second kappa shape index (κ2) is 8.85. The molecule has 2 rings (SSSR count). The molecule has 1 amide bonds. The maximum absolute atomic E-state index is 12.0. The van der Waals surface area contributed by atoms with Crippen molar-refractivity contribution in [1.29, 1.82) is 0 Å². The van der Waals surface area contributed by atoms with Crippen molar-refractivity contribution < 1.29 is 4.79 Å². The van der Waals surface area contributed by atoms with Crippen LogP contribution in [0.2, 0.25) is 0 Å². The molecular formula is C15H30ClN3O. The predicted molar refractivity (Wildman–Crippen MR) is 85.0 cm³/mol. The van der Waals surface area contributed by atoms with Crippen LogP contribution in [0.3, 0.4) is 0 Å². The van der Waals surface area contributed by atoms with Crippen molar-refractivity contribution in [1.82, 2.24) is 10.2 Å². The Morgan fingerprint density at radius 3 is 2.55 bits per heavy atom. The molecule has 1 saturated heterocycles. The molecule has 1 saturated carbocycles. The summed E-state index contributed by atoms with van der Waals surface area (Å²) >= 11 is 0. The Bertz CT molecular complexity index is 295. The largest absolute Gasteiger partial charge is 0.354 e. The van der Waals surface area contributed by atoms with E-state index in [0.717, 1.165) is 26.1 Å². The van der Waals surface area contributed by atoms with Crippen LogP contribution in [0.25, 0.3) is 0 Å². The summed E-state index contributed by atoms with van der Waals surface area (Å²) in [5, 5.41) is 3.04. The smallest absolute Gasteiger partial charge is 0.236 e. The quantitative estimate of drug-likeness (QED) is 0.814. The van der Waals surface area contributed by atoms with Crippen molar-refractivity contribution in [2.45, 2.75) is 51.0 Å². The lowest BCUT2D eigenvalue weighted by Crippen LogP contribution is -2.43. The van der Waals surface area contributed by atoms with E-state index in [-0.39, 0.29) is 24.4 Å². The lowest BCUT2D eigenvalue weighted by Gasteiger charge is -2.24. The first-order valence-corrected chi connectivity index (χ1v) is 7.87. The lowest BCUT2D eigenvalue weighted by molar-refractivity contribution is -0.123. The molecule has 1 aliphatic heterocycles. The molecule has 1 heterocycles. The standard InChI is InChI=1S/C15H29N3O.ClH/c1-18-8-7-13(11-18)10-17-15(19)14(16)9-12-5-3-2-4-6-12;/h12-14H,2-11,16H2,1H3,(H,17,19);1H. The van der Waals surface area contributed by atoms with E-state index in [1.54, 1.807) is 0 Å². The van der Waals surface area contributed by atoms with Gasteiger partial charge in [0.1, 0.15) is 0 Å². The monoisotopic (exact) mass is 303 g/mol. The van der Waals surface area contributed by atoms with Crippen LogP contribution in [0.5, 0.6) is 0 Å². The van der Waals surface area contributed by atoms with E-state index in [2.05, 4.69) is 17.3 Å². The molecule has 0 radical (unpaired) electrons. The first kappa shape index (κ1) is 17.7. The van der Waals surface area contributed by atoms with E-state index in [9.17, 15) is 4.79 Å². The van der Waals surface area contributed by atoms with Gasteiger partial charge in [-0.05, 0) is 38.3 Å². The number of amides is 1. The van der Waals surface area contributed by atoms with Crippen LogP contribution >= 0.6 is 12.4 Å². The summed E-state index contributed by atoms with van der Waals surface area (Å²) in [6.45, 7) is 3.04. The zero-order valence-corrected chi connectivity index (χ0v) is 13.5. The molecule has 2 aliphatic rings. The molecule has 2 atom stereocenters. The molecule has 118 valence electrons. The molecule has 0 bridgehead atoms. The molecule has 5 heteroatoms. The summed E-state index contributed by atoms with van der Waals surface area (Å²) in [7, 11) is 2.14. The van der Waals surface area contributed by atoms with E-state index in [1.165, 1.54) is 38.5 Å². The Hall–Kier alpha value is -0.320. The Morgan fingerprint density at radius 2 is 1.95 bits per heavy atom. The lowest BCUT2D eigenvalue weighted by atomic mass is 9.85. The van der Waals surface area contributed by atoms with Gasteiger partial charge in [-0.2, -0.15) is 0 Å². The second-order valence-electron chi connectivity index (χ2n) is 6.51.